The monoisotopic (exact) mass is 368 g/mol. The maximum atomic E-state index is 12.4. The second-order valence-corrected chi connectivity index (χ2v) is 6.60. The van der Waals surface area contributed by atoms with Gasteiger partial charge in [-0.3, -0.25) is 0 Å². The summed E-state index contributed by atoms with van der Waals surface area (Å²) in [5.74, 6) is -0.255. The molecule has 0 fully saturated rings. The van der Waals surface area contributed by atoms with Crippen LogP contribution in [0.25, 0.3) is 6.08 Å². The fourth-order valence-electron chi connectivity index (χ4n) is 1.53. The molecule has 0 heterocycles. The van der Waals surface area contributed by atoms with E-state index in [1.165, 1.54) is 12.2 Å². The molecule has 0 saturated heterocycles. The van der Waals surface area contributed by atoms with Gasteiger partial charge in [-0.1, -0.05) is 49.2 Å². The van der Waals surface area contributed by atoms with E-state index in [4.69, 9.17) is 11.6 Å². The quantitative estimate of drug-likeness (QED) is 0.284. The molecule has 0 unspecified atom stereocenters. The summed E-state index contributed by atoms with van der Waals surface area (Å²) < 4.78 is 63.4. The number of hydrogen-bond acceptors (Lipinski definition) is 3. The highest BCUT2D eigenvalue weighted by molar-refractivity contribution is 7.87. The van der Waals surface area contributed by atoms with Gasteiger partial charge in [0.05, 0.1) is 0 Å². The van der Waals surface area contributed by atoms with Crippen LogP contribution in [-0.4, -0.2) is 13.9 Å². The van der Waals surface area contributed by atoms with E-state index in [0.29, 0.717) is 17.9 Å². The van der Waals surface area contributed by atoms with Crippen LogP contribution in [0.5, 0.6) is 0 Å². The van der Waals surface area contributed by atoms with Gasteiger partial charge >= 0.3 is 15.6 Å². The molecule has 0 saturated carbocycles. The Morgan fingerprint density at radius 1 is 1.26 bits per heavy atom. The smallest absolute Gasteiger partial charge is 0.381 e. The van der Waals surface area contributed by atoms with Gasteiger partial charge in [-0.25, -0.2) is 0 Å². The molecule has 23 heavy (non-hydrogen) atoms. The molecular formula is C15H16ClF3O3S. The molecule has 0 radical (unpaired) electrons. The Labute approximate surface area is 138 Å². The van der Waals surface area contributed by atoms with Crippen LogP contribution >= 0.6 is 11.6 Å². The maximum absolute atomic E-state index is 12.4. The fourth-order valence-corrected chi connectivity index (χ4v) is 2.17. The third-order valence-electron chi connectivity index (χ3n) is 2.72. The number of allylic oxidation sites excluding steroid dienone is 3. The molecule has 0 aromatic heterocycles. The molecule has 1 rings (SSSR count). The van der Waals surface area contributed by atoms with Crippen LogP contribution in [-0.2, 0) is 14.3 Å². The zero-order valence-electron chi connectivity index (χ0n) is 12.3. The van der Waals surface area contributed by atoms with Gasteiger partial charge in [0, 0.05) is 11.4 Å². The van der Waals surface area contributed by atoms with E-state index in [2.05, 4.69) is 4.18 Å². The minimum absolute atomic E-state index is 0.0940. The predicted molar refractivity (Wildman–Crippen MR) is 84.2 cm³/mol. The SMILES string of the molecule is CCCC/C(=C/C=C/c1ccc(Cl)cc1)OS(=O)(=O)C(F)(F)F. The van der Waals surface area contributed by atoms with Gasteiger partial charge in [-0.05, 0) is 30.2 Å². The van der Waals surface area contributed by atoms with Crippen LogP contribution in [0.1, 0.15) is 31.7 Å². The van der Waals surface area contributed by atoms with Gasteiger partial charge in [-0.15, -0.1) is 0 Å². The molecule has 0 spiro atoms. The van der Waals surface area contributed by atoms with E-state index in [1.54, 1.807) is 30.3 Å². The van der Waals surface area contributed by atoms with Crippen LogP contribution < -0.4 is 0 Å². The lowest BCUT2D eigenvalue weighted by molar-refractivity contribution is -0.0523. The first-order chi connectivity index (χ1) is 10.7. The summed E-state index contributed by atoms with van der Waals surface area (Å²) in [4.78, 5) is 0. The summed E-state index contributed by atoms with van der Waals surface area (Å²) in [6.07, 6.45) is 5.54. The topological polar surface area (TPSA) is 43.4 Å². The highest BCUT2D eigenvalue weighted by Gasteiger charge is 2.48. The first kappa shape index (κ1) is 19.6. The van der Waals surface area contributed by atoms with E-state index in [9.17, 15) is 21.6 Å². The maximum Gasteiger partial charge on any atom is 0.534 e. The zero-order chi connectivity index (χ0) is 17.5. The minimum Gasteiger partial charge on any atom is -0.381 e. The summed E-state index contributed by atoms with van der Waals surface area (Å²) in [6.45, 7) is 1.83. The first-order valence-electron chi connectivity index (χ1n) is 6.79. The van der Waals surface area contributed by atoms with Gasteiger partial charge < -0.3 is 4.18 Å². The van der Waals surface area contributed by atoms with E-state index in [0.717, 1.165) is 5.56 Å². The average Bonchev–Trinajstić information content (AvgIpc) is 2.45. The lowest BCUT2D eigenvalue weighted by Crippen LogP contribution is -2.25. The molecule has 0 amide bonds. The van der Waals surface area contributed by atoms with Gasteiger partial charge in [-0.2, -0.15) is 21.6 Å². The Morgan fingerprint density at radius 2 is 1.87 bits per heavy atom. The van der Waals surface area contributed by atoms with Gasteiger partial charge in [0.25, 0.3) is 0 Å². The van der Waals surface area contributed by atoms with Crippen LogP contribution in [0.4, 0.5) is 13.2 Å². The van der Waals surface area contributed by atoms with E-state index in [1.807, 2.05) is 6.92 Å². The molecule has 128 valence electrons. The second-order valence-electron chi connectivity index (χ2n) is 4.63. The van der Waals surface area contributed by atoms with Crippen molar-refractivity contribution in [1.82, 2.24) is 0 Å². The van der Waals surface area contributed by atoms with Gasteiger partial charge in [0.15, 0.2) is 0 Å². The Bertz CT molecular complexity index is 662. The summed E-state index contributed by atoms with van der Waals surface area (Å²) >= 11 is 5.74. The average molecular weight is 369 g/mol. The van der Waals surface area contributed by atoms with Crippen molar-refractivity contribution >= 4 is 27.8 Å². The molecule has 0 atom stereocenters. The summed E-state index contributed by atoms with van der Waals surface area (Å²) in [5, 5.41) is 0.556. The molecule has 0 aliphatic carbocycles. The third-order valence-corrected chi connectivity index (χ3v) is 3.97. The first-order valence-corrected chi connectivity index (χ1v) is 8.58. The largest absolute Gasteiger partial charge is 0.534 e. The fraction of sp³-hybridized carbons (Fsp3) is 0.333. The van der Waals surface area contributed by atoms with Crippen LogP contribution in [0.3, 0.4) is 0 Å². The van der Waals surface area contributed by atoms with Crippen LogP contribution in [0.15, 0.2) is 42.2 Å². The van der Waals surface area contributed by atoms with Crippen molar-refractivity contribution in [2.45, 2.75) is 31.7 Å². The van der Waals surface area contributed by atoms with Crippen molar-refractivity contribution in [3.8, 4) is 0 Å². The van der Waals surface area contributed by atoms with Gasteiger partial charge in [0.1, 0.15) is 5.76 Å². The molecule has 1 aromatic rings. The molecule has 1 aromatic carbocycles. The standard InChI is InChI=1S/C15H16ClF3O3S/c1-2-3-6-14(22-23(20,21)15(17,18)19)7-4-5-12-8-10-13(16)11-9-12/h4-5,7-11H,2-3,6H2,1H3/b5-4+,14-7-. The Kier molecular flexibility index (Phi) is 7.15. The van der Waals surface area contributed by atoms with Crippen LogP contribution in [0, 0.1) is 0 Å². The number of benzene rings is 1. The number of hydrogen-bond donors (Lipinski definition) is 0. The molecule has 8 heteroatoms. The van der Waals surface area contributed by atoms with E-state index in [-0.39, 0.29) is 12.2 Å². The molecule has 0 N–H and O–H groups in total. The molecule has 0 bridgehead atoms. The summed E-state index contributed by atoms with van der Waals surface area (Å²) in [6, 6.07) is 6.75. The summed E-state index contributed by atoms with van der Waals surface area (Å²) in [7, 11) is -5.65. The second kappa shape index (κ2) is 8.40. The molecule has 0 aliphatic rings. The van der Waals surface area contributed by atoms with Crippen molar-refractivity contribution < 1.29 is 25.8 Å². The van der Waals surface area contributed by atoms with Crippen molar-refractivity contribution in [3.05, 3.63) is 52.8 Å². The highest BCUT2D eigenvalue weighted by atomic mass is 35.5. The molecule has 0 aliphatic heterocycles. The van der Waals surface area contributed by atoms with Crippen molar-refractivity contribution in [1.29, 1.82) is 0 Å². The Morgan fingerprint density at radius 3 is 2.39 bits per heavy atom. The van der Waals surface area contributed by atoms with Crippen LogP contribution in [0.2, 0.25) is 5.02 Å². The lowest BCUT2D eigenvalue weighted by atomic mass is 10.2. The molecular weight excluding hydrogens is 353 g/mol. The summed E-state index contributed by atoms with van der Waals surface area (Å²) in [5.41, 5.74) is -4.68. The number of halogens is 4. The minimum atomic E-state index is -5.65. The van der Waals surface area contributed by atoms with Crippen molar-refractivity contribution in [2.24, 2.45) is 0 Å². The number of rotatable bonds is 7. The van der Waals surface area contributed by atoms with Gasteiger partial charge in [0.2, 0.25) is 0 Å². The van der Waals surface area contributed by atoms with E-state index >= 15 is 0 Å². The predicted octanol–water partition coefficient (Wildman–Crippen LogP) is 5.29. The molecule has 3 nitrogen and oxygen atoms in total. The highest BCUT2D eigenvalue weighted by Crippen LogP contribution is 2.28. The number of unbranched alkanes of at least 4 members (excludes halogenated alkanes) is 1. The third kappa shape index (κ3) is 6.66. The lowest BCUT2D eigenvalue weighted by Gasteiger charge is -2.11. The van der Waals surface area contributed by atoms with E-state index < -0.39 is 15.6 Å². The van der Waals surface area contributed by atoms with Crippen molar-refractivity contribution in [3.63, 3.8) is 0 Å². The number of alkyl halides is 3. The Balaban J connectivity index is 2.90. The van der Waals surface area contributed by atoms with Crippen molar-refractivity contribution in [2.75, 3.05) is 0 Å². The zero-order valence-corrected chi connectivity index (χ0v) is 13.9. The Hall–Kier alpha value is -1.47. The normalized spacial score (nSPS) is 13.5.